The Hall–Kier alpha value is -1.95. The van der Waals surface area contributed by atoms with Gasteiger partial charge < -0.3 is 15.1 Å². The summed E-state index contributed by atoms with van der Waals surface area (Å²) < 4.78 is 13.9. The summed E-state index contributed by atoms with van der Waals surface area (Å²) in [5, 5.41) is 3.08. The van der Waals surface area contributed by atoms with Gasteiger partial charge in [-0.1, -0.05) is 26.0 Å². The molecule has 0 unspecified atom stereocenters. The van der Waals surface area contributed by atoms with Gasteiger partial charge in [-0.05, 0) is 63.2 Å². The lowest BCUT2D eigenvalue weighted by Gasteiger charge is -2.41. The molecule has 5 nitrogen and oxygen atoms in total. The van der Waals surface area contributed by atoms with E-state index in [1.807, 2.05) is 0 Å². The topological polar surface area (TPSA) is 52.7 Å². The number of carbonyl (C=O) groups is 2. The summed E-state index contributed by atoms with van der Waals surface area (Å²) >= 11 is 0. The summed E-state index contributed by atoms with van der Waals surface area (Å²) in [6.45, 7) is 8.30. The van der Waals surface area contributed by atoms with Crippen molar-refractivity contribution in [2.45, 2.75) is 52.0 Å². The average Bonchev–Trinajstić information content (AvgIpc) is 2.73. The van der Waals surface area contributed by atoms with Crippen LogP contribution in [0.25, 0.3) is 0 Å². The fourth-order valence-corrected chi connectivity index (χ4v) is 4.39. The first-order chi connectivity index (χ1) is 14.0. The van der Waals surface area contributed by atoms with Gasteiger partial charge in [-0.15, -0.1) is 0 Å². The van der Waals surface area contributed by atoms with Crippen LogP contribution in [0.4, 0.5) is 4.39 Å². The Balaban J connectivity index is 1.41. The second-order valence-electron chi connectivity index (χ2n) is 8.79. The highest BCUT2D eigenvalue weighted by Gasteiger charge is 2.32. The molecule has 160 valence electrons. The molecule has 0 bridgehead atoms. The Bertz CT molecular complexity index is 693. The van der Waals surface area contributed by atoms with Crippen LogP contribution in [0, 0.1) is 17.7 Å². The zero-order chi connectivity index (χ0) is 20.8. The lowest BCUT2D eigenvalue weighted by molar-refractivity contribution is -0.126. The van der Waals surface area contributed by atoms with Crippen LogP contribution >= 0.6 is 0 Å². The third kappa shape index (κ3) is 5.78. The van der Waals surface area contributed by atoms with E-state index in [1.54, 1.807) is 23.1 Å². The molecule has 6 heteroatoms. The van der Waals surface area contributed by atoms with Crippen LogP contribution in [0.1, 0.15) is 56.3 Å². The predicted octanol–water partition coefficient (Wildman–Crippen LogP) is 3.30. The van der Waals surface area contributed by atoms with Gasteiger partial charge in [-0.2, -0.15) is 0 Å². The van der Waals surface area contributed by atoms with Gasteiger partial charge in [0, 0.05) is 31.6 Å². The summed E-state index contributed by atoms with van der Waals surface area (Å²) in [4.78, 5) is 29.2. The number of amides is 2. The van der Waals surface area contributed by atoms with Crippen LogP contribution in [-0.2, 0) is 4.79 Å². The largest absolute Gasteiger partial charge is 0.356 e. The summed E-state index contributed by atoms with van der Waals surface area (Å²) in [6.07, 6.45) is 4.65. The van der Waals surface area contributed by atoms with Crippen molar-refractivity contribution in [1.29, 1.82) is 0 Å². The summed E-state index contributed by atoms with van der Waals surface area (Å²) in [5.74, 6) is 0.275. The van der Waals surface area contributed by atoms with Crippen LogP contribution in [0.2, 0.25) is 0 Å². The number of likely N-dealkylation sites (tertiary alicyclic amines) is 2. The first-order valence-electron chi connectivity index (χ1n) is 11.0. The molecule has 1 N–H and O–H groups in total. The number of rotatable bonds is 6. The molecule has 2 aliphatic rings. The fourth-order valence-electron chi connectivity index (χ4n) is 4.39. The molecule has 2 fully saturated rings. The third-order valence-corrected chi connectivity index (χ3v) is 6.29. The van der Waals surface area contributed by atoms with Crippen LogP contribution in [0.3, 0.4) is 0 Å². The van der Waals surface area contributed by atoms with Crippen molar-refractivity contribution in [3.63, 3.8) is 0 Å². The maximum Gasteiger partial charge on any atom is 0.256 e. The number of piperidine rings is 2. The highest BCUT2D eigenvalue weighted by molar-refractivity contribution is 5.94. The van der Waals surface area contributed by atoms with E-state index in [-0.39, 0.29) is 23.3 Å². The van der Waals surface area contributed by atoms with Crippen molar-refractivity contribution < 1.29 is 14.0 Å². The smallest absolute Gasteiger partial charge is 0.256 e. The van der Waals surface area contributed by atoms with Crippen molar-refractivity contribution >= 4 is 11.8 Å². The lowest BCUT2D eigenvalue weighted by atomic mass is 9.92. The fraction of sp³-hybridized carbons (Fsp3) is 0.652. The number of nitrogens with one attached hydrogen (secondary N) is 1. The highest BCUT2D eigenvalue weighted by Crippen LogP contribution is 2.25. The molecule has 0 atom stereocenters. The van der Waals surface area contributed by atoms with Crippen molar-refractivity contribution in [2.75, 3.05) is 32.7 Å². The summed E-state index contributed by atoms with van der Waals surface area (Å²) in [5.41, 5.74) is 0.162. The van der Waals surface area contributed by atoms with E-state index in [0.717, 1.165) is 51.7 Å². The van der Waals surface area contributed by atoms with Crippen molar-refractivity contribution in [2.24, 2.45) is 11.8 Å². The maximum absolute atomic E-state index is 13.9. The van der Waals surface area contributed by atoms with Crippen molar-refractivity contribution in [1.82, 2.24) is 15.1 Å². The minimum Gasteiger partial charge on any atom is -0.356 e. The standard InChI is InChI=1S/C23H34FN3O2/c1-17(2)7-12-25-22(28)18-8-13-26(14-9-18)19-10-15-27(16-11-19)23(29)20-5-3-4-6-21(20)24/h3-6,17-19H,7-16H2,1-2H3,(H,25,28). The normalized spacial score (nSPS) is 19.5. The molecule has 2 aliphatic heterocycles. The van der Waals surface area contributed by atoms with Gasteiger partial charge >= 0.3 is 0 Å². The van der Waals surface area contributed by atoms with Gasteiger partial charge in [0.05, 0.1) is 5.56 Å². The van der Waals surface area contributed by atoms with Crippen molar-refractivity contribution in [3.05, 3.63) is 35.6 Å². The molecule has 0 aromatic heterocycles. The second kappa shape index (κ2) is 10.2. The Morgan fingerprint density at radius 3 is 2.34 bits per heavy atom. The molecule has 3 rings (SSSR count). The minimum atomic E-state index is -0.451. The lowest BCUT2D eigenvalue weighted by Crippen LogP contribution is -2.50. The van der Waals surface area contributed by atoms with E-state index in [4.69, 9.17) is 0 Å². The van der Waals surface area contributed by atoms with Gasteiger partial charge in [0.2, 0.25) is 5.91 Å². The van der Waals surface area contributed by atoms with Crippen LogP contribution in [0.15, 0.2) is 24.3 Å². The molecule has 0 aliphatic carbocycles. The molecule has 0 spiro atoms. The molecule has 1 aromatic carbocycles. The zero-order valence-electron chi connectivity index (χ0n) is 17.7. The van der Waals surface area contributed by atoms with Gasteiger partial charge in [-0.25, -0.2) is 4.39 Å². The first-order valence-corrected chi connectivity index (χ1v) is 11.0. The molecule has 29 heavy (non-hydrogen) atoms. The van der Waals surface area contributed by atoms with Gasteiger partial charge in [0.1, 0.15) is 5.82 Å². The van der Waals surface area contributed by atoms with Gasteiger partial charge in [0.15, 0.2) is 0 Å². The van der Waals surface area contributed by atoms with Crippen molar-refractivity contribution in [3.8, 4) is 0 Å². The van der Waals surface area contributed by atoms with Gasteiger partial charge in [0.25, 0.3) is 5.91 Å². The summed E-state index contributed by atoms with van der Waals surface area (Å²) in [7, 11) is 0. The quantitative estimate of drug-likeness (QED) is 0.793. The molecule has 2 heterocycles. The molecule has 0 saturated carbocycles. The van der Waals surface area contributed by atoms with E-state index in [9.17, 15) is 14.0 Å². The number of nitrogens with zero attached hydrogens (tertiary/aromatic N) is 2. The number of carbonyl (C=O) groups excluding carboxylic acids is 2. The highest BCUT2D eigenvalue weighted by atomic mass is 19.1. The molecule has 2 amide bonds. The third-order valence-electron chi connectivity index (χ3n) is 6.29. The average molecular weight is 404 g/mol. The van der Waals surface area contributed by atoms with Crippen LogP contribution in [-0.4, -0.2) is 60.4 Å². The molecular formula is C23H34FN3O2. The second-order valence-corrected chi connectivity index (χ2v) is 8.79. The van der Waals surface area contributed by atoms with E-state index in [2.05, 4.69) is 24.1 Å². The Morgan fingerprint density at radius 2 is 1.72 bits per heavy atom. The Kier molecular flexibility index (Phi) is 7.64. The molecular weight excluding hydrogens is 369 g/mol. The van der Waals surface area contributed by atoms with E-state index in [1.165, 1.54) is 6.07 Å². The van der Waals surface area contributed by atoms with Crippen LogP contribution in [0.5, 0.6) is 0 Å². The van der Waals surface area contributed by atoms with E-state index in [0.29, 0.717) is 25.0 Å². The Labute approximate surface area is 173 Å². The monoisotopic (exact) mass is 403 g/mol. The number of benzene rings is 1. The summed E-state index contributed by atoms with van der Waals surface area (Å²) in [6, 6.07) is 6.65. The first kappa shape index (κ1) is 21.8. The number of hydrogen-bond acceptors (Lipinski definition) is 3. The number of hydrogen-bond donors (Lipinski definition) is 1. The molecule has 1 aromatic rings. The Morgan fingerprint density at radius 1 is 1.07 bits per heavy atom. The van der Waals surface area contributed by atoms with E-state index >= 15 is 0 Å². The molecule has 0 radical (unpaired) electrons. The maximum atomic E-state index is 13.9. The zero-order valence-corrected chi connectivity index (χ0v) is 17.7. The molecule has 2 saturated heterocycles. The SMILES string of the molecule is CC(C)CCNC(=O)C1CCN(C2CCN(C(=O)c3ccccc3F)CC2)CC1. The minimum absolute atomic E-state index is 0.126. The number of halogens is 1. The van der Waals surface area contributed by atoms with Crippen LogP contribution < -0.4 is 5.32 Å². The van der Waals surface area contributed by atoms with E-state index < -0.39 is 5.82 Å². The predicted molar refractivity (Wildman–Crippen MR) is 112 cm³/mol. The van der Waals surface area contributed by atoms with Gasteiger partial charge in [-0.3, -0.25) is 9.59 Å².